The number of ether oxygens (including phenoxy) is 1. The van der Waals surface area contributed by atoms with E-state index in [1.165, 1.54) is 6.42 Å². The first-order valence-corrected chi connectivity index (χ1v) is 7.54. The molecule has 0 aromatic rings. The third-order valence-electron chi connectivity index (χ3n) is 5.60. The van der Waals surface area contributed by atoms with Crippen molar-refractivity contribution in [2.75, 3.05) is 6.61 Å². The minimum absolute atomic E-state index is 0.00926. The zero-order valence-corrected chi connectivity index (χ0v) is 12.7. The quantitative estimate of drug-likeness (QED) is 0.801. The fourth-order valence-electron chi connectivity index (χ4n) is 3.34. The third kappa shape index (κ3) is 2.09. The van der Waals surface area contributed by atoms with Gasteiger partial charge in [0.05, 0.1) is 6.10 Å². The number of rotatable bonds is 5. The molecular formula is C15H28N2O2. The van der Waals surface area contributed by atoms with Crippen LogP contribution in [-0.4, -0.2) is 29.7 Å². The van der Waals surface area contributed by atoms with Crippen molar-refractivity contribution in [3.05, 3.63) is 0 Å². The molecule has 4 heteroatoms. The molecule has 2 rings (SSSR count). The summed E-state index contributed by atoms with van der Waals surface area (Å²) in [6.07, 6.45) is 5.08. The summed E-state index contributed by atoms with van der Waals surface area (Å²) < 4.78 is 5.68. The van der Waals surface area contributed by atoms with E-state index in [2.05, 4.69) is 12.2 Å². The van der Waals surface area contributed by atoms with E-state index in [-0.39, 0.29) is 23.0 Å². The first-order valence-electron chi connectivity index (χ1n) is 7.54. The zero-order chi connectivity index (χ0) is 14.3. The Morgan fingerprint density at radius 1 is 1.37 bits per heavy atom. The molecule has 0 aromatic heterocycles. The van der Waals surface area contributed by atoms with Crippen LogP contribution in [0.3, 0.4) is 0 Å². The van der Waals surface area contributed by atoms with Gasteiger partial charge in [0.15, 0.2) is 0 Å². The summed E-state index contributed by atoms with van der Waals surface area (Å²) in [5, 5.41) is 3.22. The lowest BCUT2D eigenvalue weighted by atomic mass is 9.54. The van der Waals surface area contributed by atoms with E-state index in [4.69, 9.17) is 10.5 Å². The van der Waals surface area contributed by atoms with Crippen LogP contribution in [0.5, 0.6) is 0 Å². The first kappa shape index (κ1) is 14.8. The maximum Gasteiger partial charge on any atom is 0.241 e. The number of amides is 1. The van der Waals surface area contributed by atoms with Gasteiger partial charge in [-0.1, -0.05) is 20.8 Å². The second kappa shape index (κ2) is 4.74. The van der Waals surface area contributed by atoms with Crippen molar-refractivity contribution < 1.29 is 9.53 Å². The van der Waals surface area contributed by atoms with Crippen molar-refractivity contribution in [2.45, 2.75) is 77.0 Å². The number of nitrogens with two attached hydrogens (primary N) is 1. The maximum absolute atomic E-state index is 12.6. The molecule has 2 saturated carbocycles. The third-order valence-corrected chi connectivity index (χ3v) is 5.60. The number of nitrogens with one attached hydrogen (secondary N) is 1. The van der Waals surface area contributed by atoms with Crippen LogP contribution in [0.1, 0.15) is 59.8 Å². The molecule has 2 fully saturated rings. The standard InChI is InChI=1S/C15H28N2O2/c1-5-14(8-7-9-14)17-12(18)15(16)10-11(19-6-2)13(15,3)4/h11H,5-10,16H2,1-4H3,(H,17,18). The van der Waals surface area contributed by atoms with Gasteiger partial charge in [-0.2, -0.15) is 0 Å². The smallest absolute Gasteiger partial charge is 0.241 e. The fraction of sp³-hybridized carbons (Fsp3) is 0.933. The predicted molar refractivity (Wildman–Crippen MR) is 75.7 cm³/mol. The molecule has 0 aromatic carbocycles. The molecule has 0 radical (unpaired) electrons. The molecular weight excluding hydrogens is 240 g/mol. The molecule has 2 unspecified atom stereocenters. The van der Waals surface area contributed by atoms with E-state index >= 15 is 0 Å². The van der Waals surface area contributed by atoms with Crippen LogP contribution >= 0.6 is 0 Å². The number of hydrogen-bond acceptors (Lipinski definition) is 3. The van der Waals surface area contributed by atoms with Gasteiger partial charge in [0, 0.05) is 24.0 Å². The average Bonchev–Trinajstić information content (AvgIpc) is 2.33. The SMILES string of the molecule is CCOC1CC(N)(C(=O)NC2(CC)CCC2)C1(C)C. The van der Waals surface area contributed by atoms with E-state index in [1.807, 2.05) is 20.8 Å². The summed E-state index contributed by atoms with van der Waals surface area (Å²) in [7, 11) is 0. The normalized spacial score (nSPS) is 35.1. The van der Waals surface area contributed by atoms with Gasteiger partial charge in [0.1, 0.15) is 5.54 Å². The lowest BCUT2D eigenvalue weighted by molar-refractivity contribution is -0.173. The fourth-order valence-corrected chi connectivity index (χ4v) is 3.34. The Morgan fingerprint density at radius 3 is 2.37 bits per heavy atom. The zero-order valence-electron chi connectivity index (χ0n) is 12.7. The summed E-state index contributed by atoms with van der Waals surface area (Å²) in [5.41, 5.74) is 5.32. The molecule has 0 heterocycles. The van der Waals surface area contributed by atoms with Crippen LogP contribution in [-0.2, 0) is 9.53 Å². The van der Waals surface area contributed by atoms with Gasteiger partial charge in [-0.05, 0) is 32.6 Å². The summed E-state index contributed by atoms with van der Waals surface area (Å²) in [4.78, 5) is 12.6. The van der Waals surface area contributed by atoms with Crippen LogP contribution in [0, 0.1) is 5.41 Å². The second-order valence-corrected chi connectivity index (χ2v) is 6.78. The van der Waals surface area contributed by atoms with E-state index < -0.39 is 5.54 Å². The van der Waals surface area contributed by atoms with Crippen molar-refractivity contribution in [3.63, 3.8) is 0 Å². The lowest BCUT2D eigenvalue weighted by Crippen LogP contribution is -2.77. The minimum Gasteiger partial charge on any atom is -0.378 e. The van der Waals surface area contributed by atoms with Gasteiger partial charge in [-0.3, -0.25) is 4.79 Å². The second-order valence-electron chi connectivity index (χ2n) is 6.78. The monoisotopic (exact) mass is 268 g/mol. The highest BCUT2D eigenvalue weighted by Crippen LogP contribution is 2.50. The summed E-state index contributed by atoms with van der Waals surface area (Å²) in [5.74, 6) is 0.00926. The van der Waals surface area contributed by atoms with Crippen LogP contribution < -0.4 is 11.1 Å². The highest BCUT2D eigenvalue weighted by molar-refractivity contribution is 5.89. The number of hydrogen-bond donors (Lipinski definition) is 2. The number of carbonyl (C=O) groups excluding carboxylic acids is 1. The molecule has 4 nitrogen and oxygen atoms in total. The van der Waals surface area contributed by atoms with Crippen molar-refractivity contribution >= 4 is 5.91 Å². The van der Waals surface area contributed by atoms with Crippen molar-refractivity contribution in [3.8, 4) is 0 Å². The number of carbonyl (C=O) groups is 1. The molecule has 2 atom stereocenters. The summed E-state index contributed by atoms with van der Waals surface area (Å²) in [6, 6.07) is 0. The Labute approximate surface area is 116 Å². The maximum atomic E-state index is 12.6. The average molecular weight is 268 g/mol. The molecule has 0 saturated heterocycles. The molecule has 0 spiro atoms. The van der Waals surface area contributed by atoms with Gasteiger partial charge in [-0.25, -0.2) is 0 Å². The summed E-state index contributed by atoms with van der Waals surface area (Å²) in [6.45, 7) is 8.86. The van der Waals surface area contributed by atoms with Gasteiger partial charge < -0.3 is 15.8 Å². The van der Waals surface area contributed by atoms with Gasteiger partial charge in [0.2, 0.25) is 5.91 Å². The molecule has 19 heavy (non-hydrogen) atoms. The van der Waals surface area contributed by atoms with Crippen molar-refractivity contribution in [1.82, 2.24) is 5.32 Å². The van der Waals surface area contributed by atoms with Crippen LogP contribution in [0.15, 0.2) is 0 Å². The molecule has 0 bridgehead atoms. The Kier molecular flexibility index (Phi) is 3.69. The Hall–Kier alpha value is -0.610. The predicted octanol–water partition coefficient (Wildman–Crippen LogP) is 1.97. The lowest BCUT2D eigenvalue weighted by Gasteiger charge is -2.58. The highest BCUT2D eigenvalue weighted by atomic mass is 16.5. The largest absolute Gasteiger partial charge is 0.378 e. The minimum atomic E-state index is -0.787. The van der Waals surface area contributed by atoms with Crippen molar-refractivity contribution in [1.29, 1.82) is 0 Å². The topological polar surface area (TPSA) is 64.3 Å². The van der Waals surface area contributed by atoms with E-state index in [0.717, 1.165) is 19.3 Å². The first-order chi connectivity index (χ1) is 8.81. The van der Waals surface area contributed by atoms with Crippen LogP contribution in [0.2, 0.25) is 0 Å². The van der Waals surface area contributed by atoms with Gasteiger partial charge in [0.25, 0.3) is 0 Å². The molecule has 0 aliphatic heterocycles. The molecule has 110 valence electrons. The summed E-state index contributed by atoms with van der Waals surface area (Å²) >= 11 is 0. The van der Waals surface area contributed by atoms with Gasteiger partial charge in [-0.15, -0.1) is 0 Å². The van der Waals surface area contributed by atoms with Gasteiger partial charge >= 0.3 is 0 Å². The molecule has 1 amide bonds. The molecule has 2 aliphatic carbocycles. The Bertz CT molecular complexity index is 358. The Morgan fingerprint density at radius 2 is 2.00 bits per heavy atom. The van der Waals surface area contributed by atoms with Crippen LogP contribution in [0.25, 0.3) is 0 Å². The van der Waals surface area contributed by atoms with E-state index in [9.17, 15) is 4.79 Å². The Balaban J connectivity index is 2.03. The van der Waals surface area contributed by atoms with Crippen molar-refractivity contribution in [2.24, 2.45) is 11.1 Å². The highest BCUT2D eigenvalue weighted by Gasteiger charge is 2.63. The molecule has 2 aliphatic rings. The van der Waals surface area contributed by atoms with Crippen LogP contribution in [0.4, 0.5) is 0 Å². The van der Waals surface area contributed by atoms with E-state index in [0.29, 0.717) is 13.0 Å². The molecule has 3 N–H and O–H groups in total. The van der Waals surface area contributed by atoms with E-state index in [1.54, 1.807) is 0 Å².